The van der Waals surface area contributed by atoms with E-state index >= 15 is 0 Å². The summed E-state index contributed by atoms with van der Waals surface area (Å²) in [7, 11) is -0.201. The highest BCUT2D eigenvalue weighted by atomic mass is 35.5. The number of hydrogen-bond donors (Lipinski definition) is 0. The Hall–Kier alpha value is -1.79. The predicted molar refractivity (Wildman–Crippen MR) is 147 cm³/mol. The molecule has 1 amide bonds. The molecule has 0 bridgehead atoms. The average molecular weight is 565 g/mol. The maximum atomic E-state index is 13.5. The van der Waals surface area contributed by atoms with Crippen LogP contribution in [-0.4, -0.2) is 98.0 Å². The third-order valence-corrected chi connectivity index (χ3v) is 10.8. The number of fused-ring (bicyclic) bond motifs is 1. The van der Waals surface area contributed by atoms with E-state index in [1.54, 1.807) is 19.2 Å². The molecule has 1 unspecified atom stereocenters. The number of carbonyl (C=O) groups excluding carboxylic acids is 1. The van der Waals surface area contributed by atoms with Gasteiger partial charge in [0.05, 0.1) is 24.0 Å². The van der Waals surface area contributed by atoms with Crippen molar-refractivity contribution < 1.29 is 17.9 Å². The molecule has 1 spiro atoms. The van der Waals surface area contributed by atoms with Crippen molar-refractivity contribution >= 4 is 44.9 Å². The lowest BCUT2D eigenvalue weighted by molar-refractivity contribution is -0.152. The van der Waals surface area contributed by atoms with Crippen LogP contribution in [0.3, 0.4) is 0 Å². The van der Waals surface area contributed by atoms with Crippen molar-refractivity contribution in [3.63, 3.8) is 0 Å². The number of thiophene rings is 1. The number of benzene rings is 1. The Balaban J connectivity index is 1.35. The summed E-state index contributed by atoms with van der Waals surface area (Å²) in [4.78, 5) is 20.8. The van der Waals surface area contributed by atoms with Gasteiger partial charge in [-0.2, -0.15) is 4.31 Å². The van der Waals surface area contributed by atoms with E-state index in [-0.39, 0.29) is 31.1 Å². The molecule has 37 heavy (non-hydrogen) atoms. The number of rotatable bonds is 7. The minimum atomic E-state index is -3.83. The SMILES string of the molecule is COCC12CN(S(=O)(=O)/C=C/c3ccc(Cl)s3)CC(=O)N1CC1(CCN(Cc3ccccc3)CC1)N2C. The molecule has 2 aromatic rings. The van der Waals surface area contributed by atoms with E-state index in [1.165, 1.54) is 32.7 Å². The second-order valence-electron chi connectivity index (χ2n) is 10.2. The summed E-state index contributed by atoms with van der Waals surface area (Å²) in [5, 5.41) is 1.17. The summed E-state index contributed by atoms with van der Waals surface area (Å²) < 4.78 is 34.1. The number of ether oxygens (including phenoxy) is 1. The van der Waals surface area contributed by atoms with E-state index < -0.39 is 15.7 Å². The molecule has 1 aromatic heterocycles. The summed E-state index contributed by atoms with van der Waals surface area (Å²) in [6.45, 7) is 3.55. The average Bonchev–Trinajstić information content (AvgIpc) is 3.40. The number of likely N-dealkylation sites (tertiary alicyclic amines) is 1. The first kappa shape index (κ1) is 26.8. The predicted octanol–water partition coefficient (Wildman–Crippen LogP) is 3.17. The van der Waals surface area contributed by atoms with Crippen LogP contribution in [0.4, 0.5) is 0 Å². The standard InChI is InChI=1S/C26H33ClN4O4S2/c1-28-25(11-13-29(14-12-25)16-21-6-4-3-5-7-21)18-31-24(32)17-30(19-26(28,31)20-35-2)37(33,34)15-10-22-8-9-23(27)36-22/h3-10,15H,11-14,16-20H2,1-2H3/b15-10+. The van der Waals surface area contributed by atoms with Gasteiger partial charge in [-0.1, -0.05) is 41.9 Å². The third kappa shape index (κ3) is 5.13. The Morgan fingerprint density at radius 2 is 1.84 bits per heavy atom. The smallest absolute Gasteiger partial charge is 0.239 e. The molecule has 3 aliphatic heterocycles. The van der Waals surface area contributed by atoms with Gasteiger partial charge >= 0.3 is 0 Å². The number of sulfonamides is 1. The number of nitrogens with zero attached hydrogens (tertiary/aromatic N) is 4. The van der Waals surface area contributed by atoms with Gasteiger partial charge < -0.3 is 9.64 Å². The Bertz CT molecular complexity index is 1260. The minimum Gasteiger partial charge on any atom is -0.381 e. The molecule has 200 valence electrons. The molecule has 1 aromatic carbocycles. The molecule has 5 rings (SSSR count). The lowest BCUT2D eigenvalue weighted by Crippen LogP contribution is -2.70. The van der Waals surface area contributed by atoms with Crippen LogP contribution in [0.15, 0.2) is 47.9 Å². The van der Waals surface area contributed by atoms with E-state index in [4.69, 9.17) is 16.3 Å². The van der Waals surface area contributed by atoms with Gasteiger partial charge in [0.15, 0.2) is 0 Å². The van der Waals surface area contributed by atoms with Gasteiger partial charge in [0.25, 0.3) is 0 Å². The molecule has 0 saturated carbocycles. The molecular weight excluding hydrogens is 532 g/mol. The first-order valence-corrected chi connectivity index (χ1v) is 15.1. The molecule has 4 heterocycles. The molecule has 3 saturated heterocycles. The molecule has 3 fully saturated rings. The molecule has 0 aliphatic carbocycles. The van der Waals surface area contributed by atoms with Crippen LogP contribution < -0.4 is 0 Å². The third-order valence-electron chi connectivity index (χ3n) is 8.10. The Morgan fingerprint density at radius 1 is 1.11 bits per heavy atom. The molecule has 0 radical (unpaired) electrons. The minimum absolute atomic E-state index is 0.163. The molecule has 8 nitrogen and oxygen atoms in total. The van der Waals surface area contributed by atoms with Gasteiger partial charge in [-0.25, -0.2) is 8.42 Å². The zero-order chi connectivity index (χ0) is 26.3. The number of likely N-dealkylation sites (N-methyl/N-ethyl adjacent to an activating group) is 1. The largest absolute Gasteiger partial charge is 0.381 e. The second kappa shape index (κ2) is 10.4. The molecule has 3 aliphatic rings. The van der Waals surface area contributed by atoms with Crippen molar-refractivity contribution in [2.24, 2.45) is 0 Å². The maximum absolute atomic E-state index is 13.5. The second-order valence-corrected chi connectivity index (χ2v) is 13.8. The van der Waals surface area contributed by atoms with Gasteiger partial charge in [0, 0.05) is 49.1 Å². The van der Waals surface area contributed by atoms with Crippen molar-refractivity contribution in [1.82, 2.24) is 19.0 Å². The van der Waals surface area contributed by atoms with Gasteiger partial charge in [0.1, 0.15) is 5.66 Å². The summed E-state index contributed by atoms with van der Waals surface area (Å²) in [5.41, 5.74) is 0.226. The van der Waals surface area contributed by atoms with Crippen molar-refractivity contribution in [3.8, 4) is 0 Å². The molecule has 11 heteroatoms. The monoisotopic (exact) mass is 564 g/mol. The number of halogens is 1. The molecule has 1 atom stereocenters. The fourth-order valence-electron chi connectivity index (χ4n) is 6.01. The fraction of sp³-hybridized carbons (Fsp3) is 0.500. The van der Waals surface area contributed by atoms with Crippen LogP contribution in [0.25, 0.3) is 6.08 Å². The van der Waals surface area contributed by atoms with Crippen molar-refractivity contribution in [1.29, 1.82) is 0 Å². The van der Waals surface area contributed by atoms with E-state index in [1.807, 2.05) is 18.0 Å². The number of carbonyl (C=O) groups is 1. The normalized spacial score (nSPS) is 25.4. The van der Waals surface area contributed by atoms with Crippen LogP contribution >= 0.6 is 22.9 Å². The van der Waals surface area contributed by atoms with E-state index in [2.05, 4.69) is 34.1 Å². The zero-order valence-corrected chi connectivity index (χ0v) is 23.6. The van der Waals surface area contributed by atoms with Crippen molar-refractivity contribution in [2.75, 3.05) is 53.5 Å². The number of piperidine rings is 1. The quantitative estimate of drug-likeness (QED) is 0.514. The lowest BCUT2D eigenvalue weighted by Gasteiger charge is -2.50. The van der Waals surface area contributed by atoms with Crippen LogP contribution in [0.2, 0.25) is 4.34 Å². The first-order valence-electron chi connectivity index (χ1n) is 12.4. The molecular formula is C26H33ClN4O4S2. The van der Waals surface area contributed by atoms with Crippen LogP contribution in [0.1, 0.15) is 23.3 Å². The van der Waals surface area contributed by atoms with Gasteiger partial charge in [-0.15, -0.1) is 11.3 Å². The summed E-state index contributed by atoms with van der Waals surface area (Å²) in [5.74, 6) is -0.185. The highest BCUT2D eigenvalue weighted by Crippen LogP contribution is 2.45. The topological polar surface area (TPSA) is 73.4 Å². The van der Waals surface area contributed by atoms with Crippen LogP contribution in [0, 0.1) is 0 Å². The highest BCUT2D eigenvalue weighted by molar-refractivity contribution is 7.92. The van der Waals surface area contributed by atoms with E-state index in [0.29, 0.717) is 10.9 Å². The highest BCUT2D eigenvalue weighted by Gasteiger charge is 2.62. The Labute approximate surface area is 228 Å². The van der Waals surface area contributed by atoms with Crippen LogP contribution in [-0.2, 0) is 26.1 Å². The van der Waals surface area contributed by atoms with E-state index in [9.17, 15) is 13.2 Å². The number of hydrogen-bond acceptors (Lipinski definition) is 7. The van der Waals surface area contributed by atoms with Crippen molar-refractivity contribution in [2.45, 2.75) is 30.6 Å². The zero-order valence-electron chi connectivity index (χ0n) is 21.2. The summed E-state index contributed by atoms with van der Waals surface area (Å²) >= 11 is 7.28. The first-order chi connectivity index (χ1) is 17.7. The van der Waals surface area contributed by atoms with Crippen molar-refractivity contribution in [3.05, 3.63) is 62.6 Å². The lowest BCUT2D eigenvalue weighted by atomic mass is 9.86. The maximum Gasteiger partial charge on any atom is 0.239 e. The van der Waals surface area contributed by atoms with Gasteiger partial charge in [0.2, 0.25) is 15.9 Å². The number of piperazine rings is 1. The summed E-state index contributed by atoms with van der Waals surface area (Å²) in [6.07, 6.45) is 3.34. The number of amides is 1. The Morgan fingerprint density at radius 3 is 2.49 bits per heavy atom. The van der Waals surface area contributed by atoms with Crippen LogP contribution in [0.5, 0.6) is 0 Å². The number of methoxy groups -OCH3 is 1. The molecule has 0 N–H and O–H groups in total. The van der Waals surface area contributed by atoms with Gasteiger partial charge in [-0.3, -0.25) is 14.6 Å². The Kier molecular flexibility index (Phi) is 7.54. The van der Waals surface area contributed by atoms with E-state index in [0.717, 1.165) is 37.4 Å². The van der Waals surface area contributed by atoms with Gasteiger partial charge in [-0.05, 0) is 43.7 Å². The summed E-state index contributed by atoms with van der Waals surface area (Å²) in [6, 6.07) is 14.0. The fourth-order valence-corrected chi connectivity index (χ4v) is 8.22.